The van der Waals surface area contributed by atoms with Gasteiger partial charge in [-0.15, -0.1) is 0 Å². The molecule has 9 nitrogen and oxygen atoms in total. The van der Waals surface area contributed by atoms with Gasteiger partial charge in [0.1, 0.15) is 17.5 Å². The fourth-order valence-corrected chi connectivity index (χ4v) is 4.50. The summed E-state index contributed by atoms with van der Waals surface area (Å²) in [7, 11) is 0. The predicted molar refractivity (Wildman–Crippen MR) is 141 cm³/mol. The van der Waals surface area contributed by atoms with Crippen LogP contribution in [0, 0.1) is 10.1 Å². The van der Waals surface area contributed by atoms with Crippen molar-refractivity contribution in [2.24, 2.45) is 0 Å². The maximum absolute atomic E-state index is 14.2. The molecule has 0 bridgehead atoms. The number of hydrogen-bond donors (Lipinski definition) is 1. The van der Waals surface area contributed by atoms with Crippen molar-refractivity contribution < 1.29 is 27.6 Å². The number of nitrogens with zero attached hydrogens (tertiary/aromatic N) is 4. The molecule has 4 rings (SSSR count). The number of pyridine rings is 1. The van der Waals surface area contributed by atoms with Crippen LogP contribution in [-0.2, 0) is 10.9 Å². The van der Waals surface area contributed by atoms with Crippen molar-refractivity contribution in [3.05, 3.63) is 62.7 Å². The van der Waals surface area contributed by atoms with Crippen LogP contribution in [0.4, 0.5) is 40.7 Å². The summed E-state index contributed by atoms with van der Waals surface area (Å²) in [6.45, 7) is 6.01. The number of piperazine rings is 1. The van der Waals surface area contributed by atoms with Gasteiger partial charge in [-0.1, -0.05) is 15.9 Å². The van der Waals surface area contributed by atoms with E-state index in [4.69, 9.17) is 4.74 Å². The number of nitro groups is 1. The van der Waals surface area contributed by atoms with Crippen molar-refractivity contribution in [1.29, 1.82) is 0 Å². The fourth-order valence-electron chi connectivity index (χ4n) is 4.14. The van der Waals surface area contributed by atoms with Gasteiger partial charge in [0.2, 0.25) is 0 Å². The van der Waals surface area contributed by atoms with Crippen LogP contribution < -0.4 is 10.2 Å². The Morgan fingerprint density at radius 2 is 1.79 bits per heavy atom. The van der Waals surface area contributed by atoms with Gasteiger partial charge in [-0.2, -0.15) is 13.2 Å². The van der Waals surface area contributed by atoms with E-state index in [0.717, 1.165) is 12.3 Å². The Hall–Kier alpha value is -3.61. The van der Waals surface area contributed by atoms with Crippen molar-refractivity contribution >= 4 is 55.7 Å². The molecule has 0 spiro atoms. The Kier molecular flexibility index (Phi) is 7.42. The van der Waals surface area contributed by atoms with Crippen molar-refractivity contribution in [2.75, 3.05) is 36.4 Å². The van der Waals surface area contributed by atoms with Crippen molar-refractivity contribution in [3.63, 3.8) is 0 Å². The average molecular weight is 596 g/mol. The highest BCUT2D eigenvalue weighted by Crippen LogP contribution is 2.41. The first-order valence-electron chi connectivity index (χ1n) is 11.7. The monoisotopic (exact) mass is 595 g/mol. The molecule has 1 aliphatic rings. The second-order valence-electron chi connectivity index (χ2n) is 9.75. The molecule has 2 heterocycles. The second-order valence-corrected chi connectivity index (χ2v) is 10.7. The van der Waals surface area contributed by atoms with Gasteiger partial charge in [-0.3, -0.25) is 10.1 Å². The largest absolute Gasteiger partial charge is 0.444 e. The standard InChI is InChI=1S/C25H25BrF3N5O4/c1-24(2,3)38-23(35)33-10-8-32(9-11-33)20-7-5-16(13-18(20)25(27,28)29)31-22-17-12-15(26)4-6-19(17)30-14-21(22)34(36)37/h4-7,12-14H,8-11H2,1-3H3,(H,30,31). The van der Waals surface area contributed by atoms with Crippen molar-refractivity contribution in [1.82, 2.24) is 9.88 Å². The number of benzene rings is 2. The molecule has 0 aliphatic carbocycles. The number of halogens is 4. The number of nitrogens with one attached hydrogen (secondary N) is 1. The normalized spacial score (nSPS) is 14.5. The van der Waals surface area contributed by atoms with E-state index in [-0.39, 0.29) is 48.9 Å². The molecule has 1 fully saturated rings. The van der Waals surface area contributed by atoms with Gasteiger partial charge >= 0.3 is 18.0 Å². The van der Waals surface area contributed by atoms with E-state index in [0.29, 0.717) is 15.4 Å². The first-order valence-corrected chi connectivity index (χ1v) is 12.5. The summed E-state index contributed by atoms with van der Waals surface area (Å²) in [6.07, 6.45) is -4.13. The summed E-state index contributed by atoms with van der Waals surface area (Å²) in [6, 6.07) is 8.68. The number of aromatic nitrogens is 1. The number of alkyl halides is 3. The first kappa shape index (κ1) is 27.4. The van der Waals surface area contributed by atoms with E-state index in [1.165, 1.54) is 17.0 Å². The lowest BCUT2D eigenvalue weighted by atomic mass is 10.1. The predicted octanol–water partition coefficient (Wildman–Crippen LogP) is 6.73. The minimum Gasteiger partial charge on any atom is -0.444 e. The summed E-state index contributed by atoms with van der Waals surface area (Å²) in [5.74, 6) is 0. The molecular weight excluding hydrogens is 571 g/mol. The Balaban J connectivity index is 1.64. The van der Waals surface area contributed by atoms with Gasteiger partial charge in [0, 0.05) is 47.4 Å². The molecule has 1 saturated heterocycles. The van der Waals surface area contributed by atoms with Gasteiger partial charge < -0.3 is 19.9 Å². The molecule has 38 heavy (non-hydrogen) atoms. The van der Waals surface area contributed by atoms with Crippen LogP contribution in [-0.4, -0.2) is 52.7 Å². The molecule has 1 aromatic heterocycles. The number of hydrogen-bond acceptors (Lipinski definition) is 7. The third-order valence-electron chi connectivity index (χ3n) is 5.85. The summed E-state index contributed by atoms with van der Waals surface area (Å²) in [4.78, 5) is 30.5. The Bertz CT molecular complexity index is 1390. The van der Waals surface area contributed by atoms with E-state index in [1.807, 2.05) is 0 Å². The third-order valence-corrected chi connectivity index (χ3v) is 6.34. The molecule has 3 aromatic rings. The molecule has 1 N–H and O–H groups in total. The zero-order valence-electron chi connectivity index (χ0n) is 20.8. The van der Waals surface area contributed by atoms with Crippen LogP contribution in [0.25, 0.3) is 10.9 Å². The molecule has 2 aromatic carbocycles. The molecular formula is C25H25BrF3N5O4. The van der Waals surface area contributed by atoms with Gasteiger partial charge in [-0.25, -0.2) is 9.78 Å². The van der Waals surface area contributed by atoms with Crippen molar-refractivity contribution in [3.8, 4) is 0 Å². The minimum absolute atomic E-state index is 0.0315. The molecule has 13 heteroatoms. The van der Waals surface area contributed by atoms with Crippen LogP contribution in [0.2, 0.25) is 0 Å². The number of carbonyl (C=O) groups excluding carboxylic acids is 1. The zero-order valence-corrected chi connectivity index (χ0v) is 22.4. The Morgan fingerprint density at radius 3 is 2.39 bits per heavy atom. The minimum atomic E-state index is -4.69. The van der Waals surface area contributed by atoms with Crippen LogP contribution in [0.1, 0.15) is 26.3 Å². The van der Waals surface area contributed by atoms with E-state index in [9.17, 15) is 28.1 Å². The van der Waals surface area contributed by atoms with Gasteiger partial charge in [0.15, 0.2) is 0 Å². The number of carbonyl (C=O) groups is 1. The molecule has 0 unspecified atom stereocenters. The van der Waals surface area contributed by atoms with Gasteiger partial charge in [-0.05, 0) is 57.2 Å². The lowest BCUT2D eigenvalue weighted by molar-refractivity contribution is -0.384. The number of anilines is 3. The highest BCUT2D eigenvalue weighted by atomic mass is 79.9. The SMILES string of the molecule is CC(C)(C)OC(=O)N1CCN(c2ccc(Nc3c([N+](=O)[O-])cnc4ccc(Br)cc34)cc2C(F)(F)F)CC1. The molecule has 1 amide bonds. The van der Waals surface area contributed by atoms with Gasteiger partial charge in [0.05, 0.1) is 16.0 Å². The quantitative estimate of drug-likeness (QED) is 0.264. The zero-order chi connectivity index (χ0) is 27.8. The first-order chi connectivity index (χ1) is 17.7. The summed E-state index contributed by atoms with van der Waals surface area (Å²) >= 11 is 3.32. The maximum atomic E-state index is 14.2. The second kappa shape index (κ2) is 10.3. The van der Waals surface area contributed by atoms with Crippen LogP contribution in [0.5, 0.6) is 0 Å². The molecule has 202 valence electrons. The summed E-state index contributed by atoms with van der Waals surface area (Å²) in [5.41, 5.74) is -1.47. The third kappa shape index (κ3) is 6.09. The van der Waals surface area contributed by atoms with E-state index >= 15 is 0 Å². The number of amides is 1. The topological polar surface area (TPSA) is 101 Å². The van der Waals surface area contributed by atoms with E-state index in [1.54, 1.807) is 43.9 Å². The average Bonchev–Trinajstić information content (AvgIpc) is 2.82. The number of fused-ring (bicyclic) bond motifs is 1. The molecule has 0 radical (unpaired) electrons. The number of rotatable bonds is 4. The van der Waals surface area contributed by atoms with Crippen LogP contribution >= 0.6 is 15.9 Å². The van der Waals surface area contributed by atoms with Crippen LogP contribution in [0.3, 0.4) is 0 Å². The number of ether oxygens (including phenoxy) is 1. The lowest BCUT2D eigenvalue weighted by Gasteiger charge is -2.37. The van der Waals surface area contributed by atoms with Gasteiger partial charge in [0.25, 0.3) is 0 Å². The maximum Gasteiger partial charge on any atom is 0.418 e. The Labute approximate surface area is 224 Å². The highest BCUT2D eigenvalue weighted by Gasteiger charge is 2.37. The molecule has 0 atom stereocenters. The highest BCUT2D eigenvalue weighted by molar-refractivity contribution is 9.10. The summed E-state index contributed by atoms with van der Waals surface area (Å²) < 4.78 is 48.5. The van der Waals surface area contributed by atoms with E-state index < -0.39 is 28.4 Å². The smallest absolute Gasteiger partial charge is 0.418 e. The van der Waals surface area contributed by atoms with Crippen molar-refractivity contribution in [2.45, 2.75) is 32.5 Å². The molecule has 0 saturated carbocycles. The fraction of sp³-hybridized carbons (Fsp3) is 0.360. The van der Waals surface area contributed by atoms with Crippen LogP contribution in [0.15, 0.2) is 47.1 Å². The van der Waals surface area contributed by atoms with E-state index in [2.05, 4.69) is 26.2 Å². The summed E-state index contributed by atoms with van der Waals surface area (Å²) in [5, 5.41) is 14.9. The Morgan fingerprint density at radius 1 is 1.11 bits per heavy atom. The lowest BCUT2D eigenvalue weighted by Crippen LogP contribution is -2.50. The molecule has 1 aliphatic heterocycles.